The maximum absolute atomic E-state index is 6.30. The fraction of sp³-hybridized carbons (Fsp3) is 0.158. The third kappa shape index (κ3) is 4.82. The van der Waals surface area contributed by atoms with Crippen LogP contribution in [0.2, 0.25) is 5.02 Å². The number of benzene rings is 1. The van der Waals surface area contributed by atoms with Crippen LogP contribution in [0.5, 0.6) is 5.75 Å². The Bertz CT molecular complexity index is 1060. The van der Waals surface area contributed by atoms with Crippen molar-refractivity contribution in [3.05, 3.63) is 66.3 Å². The van der Waals surface area contributed by atoms with E-state index in [2.05, 4.69) is 35.8 Å². The van der Waals surface area contributed by atoms with E-state index in [0.717, 1.165) is 11.1 Å². The average molecular weight is 409 g/mol. The quantitative estimate of drug-likeness (QED) is 0.496. The Balaban J connectivity index is 1.47. The Kier molecular flexibility index (Phi) is 5.57. The van der Waals surface area contributed by atoms with Crippen molar-refractivity contribution in [2.24, 2.45) is 0 Å². The fourth-order valence-corrected chi connectivity index (χ4v) is 2.81. The van der Waals surface area contributed by atoms with Gasteiger partial charge in [-0.25, -0.2) is 19.6 Å². The minimum Gasteiger partial charge on any atom is -0.487 e. The first-order valence-electron chi connectivity index (χ1n) is 8.85. The van der Waals surface area contributed by atoms with Gasteiger partial charge in [0, 0.05) is 24.2 Å². The molecule has 0 spiro atoms. The number of aromatic nitrogens is 7. The van der Waals surface area contributed by atoms with E-state index in [0.29, 0.717) is 29.1 Å². The van der Waals surface area contributed by atoms with Crippen molar-refractivity contribution in [2.45, 2.75) is 19.6 Å². The van der Waals surface area contributed by atoms with Crippen molar-refractivity contribution >= 4 is 23.4 Å². The smallest absolute Gasteiger partial charge is 0.228 e. The molecule has 0 aliphatic heterocycles. The molecule has 3 aromatic heterocycles. The summed E-state index contributed by atoms with van der Waals surface area (Å²) in [5.41, 5.74) is 1.73. The summed E-state index contributed by atoms with van der Waals surface area (Å²) in [6.45, 7) is 2.43. The molecule has 0 unspecified atom stereocenters. The molecule has 1 aromatic carbocycles. The highest BCUT2D eigenvalue weighted by Gasteiger charge is 2.11. The molecule has 0 saturated carbocycles. The molecule has 10 heteroatoms. The number of ether oxygens (including phenoxy) is 1. The van der Waals surface area contributed by atoms with E-state index in [1.54, 1.807) is 29.3 Å². The predicted molar refractivity (Wildman–Crippen MR) is 108 cm³/mol. The second-order valence-corrected chi connectivity index (χ2v) is 6.65. The second-order valence-electron chi connectivity index (χ2n) is 6.24. The van der Waals surface area contributed by atoms with Gasteiger partial charge in [-0.2, -0.15) is 0 Å². The van der Waals surface area contributed by atoms with Crippen molar-refractivity contribution in [2.75, 3.05) is 5.32 Å². The minimum atomic E-state index is -0.174. The molecule has 4 aromatic rings. The molecule has 1 N–H and O–H groups in total. The number of nitrogens with zero attached hydrogens (tertiary/aromatic N) is 7. The second kappa shape index (κ2) is 8.61. The number of hydrogen-bond acceptors (Lipinski definition) is 8. The Morgan fingerprint density at radius 2 is 1.97 bits per heavy atom. The summed E-state index contributed by atoms with van der Waals surface area (Å²) in [4.78, 5) is 12.9. The van der Waals surface area contributed by atoms with Crippen LogP contribution in [0.4, 0.5) is 11.8 Å². The van der Waals surface area contributed by atoms with Gasteiger partial charge >= 0.3 is 0 Å². The Morgan fingerprint density at radius 1 is 1.10 bits per heavy atom. The third-order valence-corrected chi connectivity index (χ3v) is 4.30. The van der Waals surface area contributed by atoms with Gasteiger partial charge in [0.1, 0.15) is 24.0 Å². The van der Waals surface area contributed by atoms with Crippen LogP contribution >= 0.6 is 11.6 Å². The first kappa shape index (κ1) is 18.8. The molecule has 29 heavy (non-hydrogen) atoms. The summed E-state index contributed by atoms with van der Waals surface area (Å²) in [6, 6.07) is 11.1. The van der Waals surface area contributed by atoms with Gasteiger partial charge in [0.05, 0.1) is 11.6 Å². The molecular formula is C19H17ClN8O. The number of hydrogen-bond donors (Lipinski definition) is 1. The van der Waals surface area contributed by atoms with Crippen LogP contribution in [-0.2, 0) is 6.54 Å². The van der Waals surface area contributed by atoms with Gasteiger partial charge in [-0.15, -0.1) is 5.10 Å². The van der Waals surface area contributed by atoms with E-state index >= 15 is 0 Å². The molecule has 3 heterocycles. The van der Waals surface area contributed by atoms with Gasteiger partial charge in [0.25, 0.3) is 0 Å². The van der Waals surface area contributed by atoms with Crippen molar-refractivity contribution in [3.8, 4) is 16.9 Å². The monoisotopic (exact) mass is 408 g/mol. The van der Waals surface area contributed by atoms with Crippen LogP contribution in [0.1, 0.15) is 6.92 Å². The number of halogens is 1. The Labute approximate surface area is 171 Å². The molecule has 0 saturated heterocycles. The molecule has 4 rings (SSSR count). The van der Waals surface area contributed by atoms with E-state index in [1.165, 1.54) is 6.33 Å². The topological polar surface area (TPSA) is 104 Å². The highest BCUT2D eigenvalue weighted by atomic mass is 35.5. The van der Waals surface area contributed by atoms with Gasteiger partial charge in [-0.3, -0.25) is 0 Å². The van der Waals surface area contributed by atoms with Crippen LogP contribution in [0.3, 0.4) is 0 Å². The lowest BCUT2D eigenvalue weighted by atomic mass is 10.1. The number of rotatable bonds is 7. The van der Waals surface area contributed by atoms with Crippen LogP contribution in [0.15, 0.2) is 61.3 Å². The van der Waals surface area contributed by atoms with Crippen LogP contribution in [0, 0.1) is 0 Å². The first-order chi connectivity index (χ1) is 14.2. The summed E-state index contributed by atoms with van der Waals surface area (Å²) in [5.74, 6) is 1.72. The maximum atomic E-state index is 6.30. The van der Waals surface area contributed by atoms with Gasteiger partial charge in [-0.05, 0) is 47.2 Å². The molecule has 1 atom stereocenters. The minimum absolute atomic E-state index is 0.174. The summed E-state index contributed by atoms with van der Waals surface area (Å²) in [7, 11) is 0. The van der Waals surface area contributed by atoms with E-state index < -0.39 is 0 Å². The molecular weight excluding hydrogens is 392 g/mol. The van der Waals surface area contributed by atoms with Gasteiger partial charge < -0.3 is 10.1 Å². The standard InChI is InChI=1S/C19H17ClN8O/c1-13(11-28-12-24-26-27-28)29-17-8-14(5-6-16(17)20)15-9-22-19(23-10-15)25-18-4-2-3-7-21-18/h2-10,12-13H,11H2,1H3,(H,21,22,23,25)/t13-/m0/s1. The summed E-state index contributed by atoms with van der Waals surface area (Å²) >= 11 is 6.30. The van der Waals surface area contributed by atoms with Crippen LogP contribution in [0.25, 0.3) is 11.1 Å². The van der Waals surface area contributed by atoms with Crippen LogP contribution in [-0.4, -0.2) is 41.3 Å². The van der Waals surface area contributed by atoms with Gasteiger partial charge in [0.2, 0.25) is 5.95 Å². The van der Waals surface area contributed by atoms with Gasteiger partial charge in [0.15, 0.2) is 0 Å². The molecule has 146 valence electrons. The van der Waals surface area contributed by atoms with Crippen molar-refractivity contribution in [1.29, 1.82) is 0 Å². The van der Waals surface area contributed by atoms with Crippen molar-refractivity contribution in [1.82, 2.24) is 35.2 Å². The largest absolute Gasteiger partial charge is 0.487 e. The molecule has 0 aliphatic rings. The number of pyridine rings is 1. The SMILES string of the molecule is C[C@@H](Cn1cnnn1)Oc1cc(-c2cnc(Nc3ccccn3)nc2)ccc1Cl. The first-order valence-corrected chi connectivity index (χ1v) is 9.22. The lowest BCUT2D eigenvalue weighted by Crippen LogP contribution is -2.20. The summed E-state index contributed by atoms with van der Waals surface area (Å²) in [6.07, 6.45) is 6.53. The molecule has 0 fully saturated rings. The van der Waals surface area contributed by atoms with E-state index in [9.17, 15) is 0 Å². The van der Waals surface area contributed by atoms with Gasteiger partial charge in [-0.1, -0.05) is 23.7 Å². The van der Waals surface area contributed by atoms with Crippen molar-refractivity contribution in [3.63, 3.8) is 0 Å². The maximum Gasteiger partial charge on any atom is 0.228 e. The van der Waals surface area contributed by atoms with Crippen LogP contribution < -0.4 is 10.1 Å². The lowest BCUT2D eigenvalue weighted by molar-refractivity contribution is 0.193. The number of tetrazole rings is 1. The number of anilines is 2. The zero-order valence-corrected chi connectivity index (χ0v) is 16.2. The molecule has 9 nitrogen and oxygen atoms in total. The highest BCUT2D eigenvalue weighted by molar-refractivity contribution is 6.32. The Hall–Kier alpha value is -3.59. The summed E-state index contributed by atoms with van der Waals surface area (Å²) < 4.78 is 7.57. The average Bonchev–Trinajstić information content (AvgIpc) is 3.24. The molecule has 0 aliphatic carbocycles. The van der Waals surface area contributed by atoms with E-state index in [1.807, 2.05) is 37.3 Å². The lowest BCUT2D eigenvalue weighted by Gasteiger charge is -2.16. The number of nitrogens with one attached hydrogen (secondary N) is 1. The Morgan fingerprint density at radius 3 is 2.69 bits per heavy atom. The fourth-order valence-electron chi connectivity index (χ4n) is 2.65. The summed E-state index contributed by atoms with van der Waals surface area (Å²) in [5, 5.41) is 14.6. The third-order valence-electron chi connectivity index (χ3n) is 3.98. The molecule has 0 amide bonds. The molecule has 0 bridgehead atoms. The van der Waals surface area contributed by atoms with Crippen molar-refractivity contribution < 1.29 is 4.74 Å². The van der Waals surface area contributed by atoms with E-state index in [4.69, 9.17) is 16.3 Å². The molecule has 0 radical (unpaired) electrons. The van der Waals surface area contributed by atoms with E-state index in [-0.39, 0.29) is 6.10 Å². The zero-order valence-electron chi connectivity index (χ0n) is 15.5. The highest BCUT2D eigenvalue weighted by Crippen LogP contribution is 2.31. The predicted octanol–water partition coefficient (Wildman–Crippen LogP) is 3.39. The normalized spacial score (nSPS) is 11.8. The zero-order chi connectivity index (χ0) is 20.1.